The first-order valence-corrected chi connectivity index (χ1v) is 8.72. The van der Waals surface area contributed by atoms with Crippen molar-refractivity contribution in [2.45, 2.75) is 13.0 Å². The molecule has 3 aromatic carbocycles. The highest BCUT2D eigenvalue weighted by Gasteiger charge is 2.09. The van der Waals surface area contributed by atoms with Gasteiger partial charge in [0.2, 0.25) is 0 Å². The molecule has 0 radical (unpaired) electrons. The van der Waals surface area contributed by atoms with Gasteiger partial charge in [-0.05, 0) is 42.4 Å². The van der Waals surface area contributed by atoms with Crippen LogP contribution in [0.4, 0.5) is 0 Å². The van der Waals surface area contributed by atoms with Crippen molar-refractivity contribution in [1.82, 2.24) is 10.2 Å². The lowest BCUT2D eigenvalue weighted by Crippen LogP contribution is -2.28. The van der Waals surface area contributed by atoms with Gasteiger partial charge < -0.3 is 10.2 Å². The summed E-state index contributed by atoms with van der Waals surface area (Å²) in [5.74, 6) is 0.00233. The van der Waals surface area contributed by atoms with Crippen LogP contribution in [0.1, 0.15) is 22.3 Å². The van der Waals surface area contributed by atoms with E-state index in [9.17, 15) is 4.79 Å². The van der Waals surface area contributed by atoms with Crippen molar-refractivity contribution in [1.29, 1.82) is 0 Å². The Morgan fingerprint density at radius 2 is 1.64 bits per heavy atom. The second-order valence-electron chi connectivity index (χ2n) is 6.36. The minimum absolute atomic E-state index is 0.00233. The molecule has 3 nitrogen and oxygen atoms in total. The quantitative estimate of drug-likeness (QED) is 0.661. The van der Waals surface area contributed by atoms with Gasteiger partial charge in [0.1, 0.15) is 0 Å². The number of rotatable bonds is 7. The third-order valence-corrected chi connectivity index (χ3v) is 4.33. The molecule has 0 unspecified atom stereocenters. The van der Waals surface area contributed by atoms with Crippen molar-refractivity contribution in [2.24, 2.45) is 0 Å². The minimum Gasteiger partial charge on any atom is -0.352 e. The Kier molecular flexibility index (Phi) is 5.81. The maximum atomic E-state index is 12.5. The first-order valence-electron chi connectivity index (χ1n) is 8.72. The zero-order valence-corrected chi connectivity index (χ0v) is 14.6. The van der Waals surface area contributed by atoms with Crippen molar-refractivity contribution < 1.29 is 4.79 Å². The number of carbonyl (C=O) groups is 1. The van der Waals surface area contributed by atoms with Crippen LogP contribution in [-0.4, -0.2) is 30.9 Å². The molecule has 1 N–H and O–H groups in total. The van der Waals surface area contributed by atoms with Crippen LogP contribution in [0.5, 0.6) is 0 Å². The molecule has 1 amide bonds. The lowest BCUT2D eigenvalue weighted by molar-refractivity contribution is 0.0953. The van der Waals surface area contributed by atoms with Crippen molar-refractivity contribution >= 4 is 16.7 Å². The van der Waals surface area contributed by atoms with Crippen LogP contribution in [0.15, 0.2) is 72.8 Å². The molecule has 25 heavy (non-hydrogen) atoms. The van der Waals surface area contributed by atoms with Crippen LogP contribution in [-0.2, 0) is 6.54 Å². The Morgan fingerprint density at radius 3 is 2.48 bits per heavy atom. The summed E-state index contributed by atoms with van der Waals surface area (Å²) >= 11 is 0. The molecule has 0 atom stereocenters. The lowest BCUT2D eigenvalue weighted by Gasteiger charge is -2.17. The molecular formula is C22H24N2O. The molecule has 128 valence electrons. The van der Waals surface area contributed by atoms with Gasteiger partial charge in [0.05, 0.1) is 0 Å². The number of fused-ring (bicyclic) bond motifs is 1. The summed E-state index contributed by atoms with van der Waals surface area (Å²) in [6.07, 6.45) is 0.930. The highest BCUT2D eigenvalue weighted by molar-refractivity contribution is 6.06. The summed E-state index contributed by atoms with van der Waals surface area (Å²) in [4.78, 5) is 14.7. The Bertz CT molecular complexity index is 824. The summed E-state index contributed by atoms with van der Waals surface area (Å²) in [5.41, 5.74) is 2.06. The number of hydrogen-bond acceptors (Lipinski definition) is 2. The van der Waals surface area contributed by atoms with Gasteiger partial charge in [-0.25, -0.2) is 0 Å². The third kappa shape index (κ3) is 4.68. The van der Waals surface area contributed by atoms with E-state index in [1.807, 2.05) is 48.5 Å². The molecule has 0 bridgehead atoms. The first kappa shape index (κ1) is 17.2. The Morgan fingerprint density at radius 1 is 0.920 bits per heavy atom. The molecule has 3 aromatic rings. The van der Waals surface area contributed by atoms with E-state index in [1.54, 1.807) is 0 Å². The van der Waals surface area contributed by atoms with Crippen LogP contribution in [0.3, 0.4) is 0 Å². The van der Waals surface area contributed by atoms with Crippen LogP contribution in [0.25, 0.3) is 10.8 Å². The summed E-state index contributed by atoms with van der Waals surface area (Å²) in [6.45, 7) is 2.56. The fourth-order valence-electron chi connectivity index (χ4n) is 3.04. The van der Waals surface area contributed by atoms with E-state index in [2.05, 4.69) is 41.5 Å². The zero-order chi connectivity index (χ0) is 17.5. The maximum absolute atomic E-state index is 12.5. The van der Waals surface area contributed by atoms with Gasteiger partial charge in [-0.15, -0.1) is 0 Å². The standard InChI is InChI=1S/C22H24N2O/c1-24(17-18-9-3-2-4-10-18)16-8-15-23-22(25)21-14-7-12-19-11-5-6-13-20(19)21/h2-7,9-14H,8,15-17H2,1H3,(H,23,25). The largest absolute Gasteiger partial charge is 0.352 e. The van der Waals surface area contributed by atoms with Gasteiger partial charge in [-0.2, -0.15) is 0 Å². The van der Waals surface area contributed by atoms with E-state index in [4.69, 9.17) is 0 Å². The summed E-state index contributed by atoms with van der Waals surface area (Å²) < 4.78 is 0. The van der Waals surface area contributed by atoms with E-state index < -0.39 is 0 Å². The third-order valence-electron chi connectivity index (χ3n) is 4.33. The van der Waals surface area contributed by atoms with Gasteiger partial charge in [-0.3, -0.25) is 4.79 Å². The molecule has 3 heteroatoms. The van der Waals surface area contributed by atoms with Gasteiger partial charge in [0.15, 0.2) is 0 Å². The molecule has 3 rings (SSSR count). The Balaban J connectivity index is 1.48. The van der Waals surface area contributed by atoms with Gasteiger partial charge in [0.25, 0.3) is 5.91 Å². The highest BCUT2D eigenvalue weighted by atomic mass is 16.1. The second-order valence-corrected chi connectivity index (χ2v) is 6.36. The fraction of sp³-hybridized carbons (Fsp3) is 0.227. The monoisotopic (exact) mass is 332 g/mol. The summed E-state index contributed by atoms with van der Waals surface area (Å²) in [6, 6.07) is 24.3. The molecule has 0 fully saturated rings. The summed E-state index contributed by atoms with van der Waals surface area (Å²) in [5, 5.41) is 5.14. The molecule has 0 aliphatic heterocycles. The molecule has 0 heterocycles. The predicted octanol–water partition coefficient (Wildman–Crippen LogP) is 4.09. The van der Waals surface area contributed by atoms with E-state index in [1.165, 1.54) is 5.56 Å². The second kappa shape index (κ2) is 8.45. The van der Waals surface area contributed by atoms with Crippen molar-refractivity contribution in [2.75, 3.05) is 20.1 Å². The number of nitrogens with zero attached hydrogens (tertiary/aromatic N) is 1. The predicted molar refractivity (Wildman–Crippen MR) is 104 cm³/mol. The van der Waals surface area contributed by atoms with Crippen molar-refractivity contribution in [3.8, 4) is 0 Å². The van der Waals surface area contributed by atoms with Crippen molar-refractivity contribution in [3.63, 3.8) is 0 Å². The van der Waals surface area contributed by atoms with Crippen LogP contribution in [0.2, 0.25) is 0 Å². The average molecular weight is 332 g/mol. The maximum Gasteiger partial charge on any atom is 0.251 e. The van der Waals surface area contributed by atoms with Crippen LogP contribution < -0.4 is 5.32 Å². The average Bonchev–Trinajstić information content (AvgIpc) is 2.65. The summed E-state index contributed by atoms with van der Waals surface area (Å²) in [7, 11) is 2.11. The SMILES string of the molecule is CN(CCCNC(=O)c1cccc2ccccc12)Cc1ccccc1. The van der Waals surface area contributed by atoms with Gasteiger partial charge >= 0.3 is 0 Å². The van der Waals surface area contributed by atoms with Crippen LogP contribution >= 0.6 is 0 Å². The number of amides is 1. The number of hydrogen-bond donors (Lipinski definition) is 1. The molecule has 0 aliphatic carbocycles. The number of carbonyl (C=O) groups excluding carboxylic acids is 1. The van der Waals surface area contributed by atoms with E-state index in [-0.39, 0.29) is 5.91 Å². The van der Waals surface area contributed by atoms with E-state index in [0.29, 0.717) is 6.54 Å². The Labute approximate surface area is 149 Å². The molecule has 0 saturated heterocycles. The smallest absolute Gasteiger partial charge is 0.251 e. The zero-order valence-electron chi connectivity index (χ0n) is 14.6. The lowest BCUT2D eigenvalue weighted by atomic mass is 10.0. The van der Waals surface area contributed by atoms with Crippen LogP contribution in [0, 0.1) is 0 Å². The molecule has 0 aliphatic rings. The number of nitrogens with one attached hydrogen (secondary N) is 1. The molecule has 0 spiro atoms. The fourth-order valence-corrected chi connectivity index (χ4v) is 3.04. The van der Waals surface area contributed by atoms with Gasteiger partial charge in [-0.1, -0.05) is 66.7 Å². The van der Waals surface area contributed by atoms with E-state index >= 15 is 0 Å². The topological polar surface area (TPSA) is 32.3 Å². The molecule has 0 aromatic heterocycles. The first-order chi connectivity index (χ1) is 12.2. The molecular weight excluding hydrogens is 308 g/mol. The normalized spacial score (nSPS) is 11.0. The molecule has 0 saturated carbocycles. The number of benzene rings is 3. The highest BCUT2D eigenvalue weighted by Crippen LogP contribution is 2.18. The Hall–Kier alpha value is -2.65. The van der Waals surface area contributed by atoms with Crippen molar-refractivity contribution in [3.05, 3.63) is 83.9 Å². The van der Waals surface area contributed by atoms with E-state index in [0.717, 1.165) is 35.8 Å². The minimum atomic E-state index is 0.00233. The van der Waals surface area contributed by atoms with Gasteiger partial charge in [0, 0.05) is 18.7 Å².